The molecule has 44 heavy (non-hydrogen) atoms. The fraction of sp³-hybridized carbons (Fsp3) is 0.125. The van der Waals surface area contributed by atoms with E-state index in [4.69, 9.17) is 4.42 Å². The van der Waals surface area contributed by atoms with E-state index in [-0.39, 0.29) is 28.3 Å². The Morgan fingerprint density at radius 3 is 2.41 bits per heavy atom. The highest BCUT2D eigenvalue weighted by Crippen LogP contribution is 2.40. The Kier molecular flexibility index (Phi) is 7.66. The number of sulfonamides is 1. The molecule has 4 aromatic carbocycles. The second kappa shape index (κ2) is 11.7. The summed E-state index contributed by atoms with van der Waals surface area (Å²) >= 11 is 0. The van der Waals surface area contributed by atoms with Crippen molar-refractivity contribution in [3.63, 3.8) is 0 Å². The van der Waals surface area contributed by atoms with Crippen molar-refractivity contribution < 1.29 is 22.0 Å². The van der Waals surface area contributed by atoms with Crippen LogP contribution in [-0.2, 0) is 16.6 Å². The minimum Gasteiger partial charge on any atom is -0.455 e. The molecule has 0 atom stereocenters. The van der Waals surface area contributed by atoms with Gasteiger partial charge in [-0.1, -0.05) is 48.5 Å². The first-order valence-corrected chi connectivity index (χ1v) is 15.4. The average molecular weight is 611 g/mol. The van der Waals surface area contributed by atoms with Crippen LogP contribution in [0.25, 0.3) is 44.8 Å². The minimum absolute atomic E-state index is 0.151. The predicted octanol–water partition coefficient (Wildman–Crippen LogP) is 5.73. The zero-order chi connectivity index (χ0) is 30.8. The summed E-state index contributed by atoms with van der Waals surface area (Å²) in [5, 5.41) is 16.1. The lowest BCUT2D eigenvalue weighted by Crippen LogP contribution is -2.18. The Hall–Kier alpha value is -5.36. The molecule has 0 aliphatic rings. The molecule has 2 aromatic heterocycles. The molecule has 6 rings (SSSR count). The zero-order valence-electron chi connectivity index (χ0n) is 23.8. The van der Waals surface area contributed by atoms with Crippen LogP contribution in [0.1, 0.15) is 22.8 Å². The highest BCUT2D eigenvalue weighted by atomic mass is 32.2. The van der Waals surface area contributed by atoms with E-state index in [9.17, 15) is 17.6 Å². The third-order valence-electron chi connectivity index (χ3n) is 7.09. The first-order valence-electron chi connectivity index (χ1n) is 13.8. The summed E-state index contributed by atoms with van der Waals surface area (Å²) in [7, 11) is -2.19. The average Bonchev–Trinajstić information content (AvgIpc) is 3.65. The van der Waals surface area contributed by atoms with Gasteiger partial charge >= 0.3 is 0 Å². The third-order valence-corrected chi connectivity index (χ3v) is 8.38. The van der Waals surface area contributed by atoms with Gasteiger partial charge < -0.3 is 9.73 Å². The van der Waals surface area contributed by atoms with E-state index in [1.807, 2.05) is 54.6 Å². The number of nitrogens with zero attached hydrogens (tertiary/aromatic N) is 4. The maximum Gasteiger partial charge on any atom is 0.255 e. The Morgan fingerprint density at radius 2 is 1.68 bits per heavy atom. The normalized spacial score (nSPS) is 11.5. The van der Waals surface area contributed by atoms with E-state index in [0.29, 0.717) is 40.0 Å². The van der Waals surface area contributed by atoms with Gasteiger partial charge in [0.1, 0.15) is 17.2 Å². The summed E-state index contributed by atoms with van der Waals surface area (Å²) in [5.41, 5.74) is 4.11. The summed E-state index contributed by atoms with van der Waals surface area (Å²) in [4.78, 5) is 14.6. The molecule has 6 aromatic rings. The molecule has 222 valence electrons. The van der Waals surface area contributed by atoms with Crippen LogP contribution >= 0.6 is 0 Å². The lowest BCUT2D eigenvalue weighted by atomic mass is 9.97. The number of nitrogens with one attached hydrogen (secondary N) is 2. The lowest BCUT2D eigenvalue weighted by Gasteiger charge is -2.13. The molecular weight excluding hydrogens is 583 g/mol. The molecule has 0 spiro atoms. The lowest BCUT2D eigenvalue weighted by molar-refractivity contribution is 0.0964. The van der Waals surface area contributed by atoms with Crippen LogP contribution < -0.4 is 10.0 Å². The molecule has 0 radical (unpaired) electrons. The van der Waals surface area contributed by atoms with E-state index in [2.05, 4.69) is 25.4 Å². The van der Waals surface area contributed by atoms with Crippen molar-refractivity contribution in [1.29, 1.82) is 0 Å². The van der Waals surface area contributed by atoms with Crippen molar-refractivity contribution in [2.24, 2.45) is 0 Å². The molecule has 0 unspecified atom stereocenters. The molecule has 1 amide bonds. The number of fused-ring (bicyclic) bond motifs is 1. The molecule has 2 N–H and O–H groups in total. The van der Waals surface area contributed by atoms with Crippen molar-refractivity contribution in [2.75, 3.05) is 17.5 Å². The quantitative estimate of drug-likeness (QED) is 0.214. The van der Waals surface area contributed by atoms with E-state index >= 15 is 0 Å². The van der Waals surface area contributed by atoms with Gasteiger partial charge in [0.2, 0.25) is 15.8 Å². The van der Waals surface area contributed by atoms with Crippen LogP contribution in [0.4, 0.5) is 10.1 Å². The third kappa shape index (κ3) is 5.79. The van der Waals surface area contributed by atoms with Crippen LogP contribution in [0.2, 0.25) is 0 Å². The number of furan rings is 1. The number of anilines is 1. The fourth-order valence-electron chi connectivity index (χ4n) is 4.86. The number of benzene rings is 4. The summed E-state index contributed by atoms with van der Waals surface area (Å²) < 4.78 is 47.9. The number of hydrogen-bond donors (Lipinski definition) is 2. The number of halogens is 1. The monoisotopic (exact) mass is 610 g/mol. The van der Waals surface area contributed by atoms with Gasteiger partial charge in [-0.15, -0.1) is 10.2 Å². The van der Waals surface area contributed by atoms with E-state index < -0.39 is 21.7 Å². The predicted molar refractivity (Wildman–Crippen MR) is 166 cm³/mol. The summed E-state index contributed by atoms with van der Waals surface area (Å²) in [6.07, 6.45) is 0. The van der Waals surface area contributed by atoms with Gasteiger partial charge in [0.15, 0.2) is 0 Å². The molecule has 0 saturated heterocycles. The number of aromatic nitrogens is 4. The van der Waals surface area contributed by atoms with Gasteiger partial charge in [0.05, 0.1) is 23.5 Å². The second-order valence-corrected chi connectivity index (χ2v) is 12.0. The standard InChI is InChI=1S/C32H27FN6O4S/c1-3-44(41,42)37-27-18-28-26(29(32(40)34-2)30(43-28)21-12-14-24(33)15-13-21)17-25(27)22-10-7-11-23(16-22)31-35-38-39(36-31)19-20-8-5-4-6-9-20/h4-18,37H,3,19H2,1-2H3,(H,34,40). The first kappa shape index (κ1) is 28.7. The number of rotatable bonds is 9. The molecule has 12 heteroatoms. The molecular formula is C32H27FN6O4S. The van der Waals surface area contributed by atoms with Crippen molar-refractivity contribution in [2.45, 2.75) is 13.5 Å². The highest BCUT2D eigenvalue weighted by molar-refractivity contribution is 7.92. The molecule has 0 aliphatic heterocycles. The van der Waals surface area contributed by atoms with Gasteiger partial charge in [-0.25, -0.2) is 12.8 Å². The molecule has 2 heterocycles. The molecule has 0 aliphatic carbocycles. The number of tetrazole rings is 1. The SMILES string of the molecule is CCS(=O)(=O)Nc1cc2oc(-c3ccc(F)cc3)c(C(=O)NC)c2cc1-c1cccc(-c2nnn(Cc3ccccc3)n2)c1. The van der Waals surface area contributed by atoms with E-state index in [0.717, 1.165) is 5.56 Å². The smallest absolute Gasteiger partial charge is 0.255 e. The molecule has 10 nitrogen and oxygen atoms in total. The van der Waals surface area contributed by atoms with Gasteiger partial charge in [0.25, 0.3) is 5.91 Å². The van der Waals surface area contributed by atoms with Crippen molar-refractivity contribution >= 4 is 32.6 Å². The zero-order valence-corrected chi connectivity index (χ0v) is 24.6. The molecule has 0 saturated carbocycles. The van der Waals surface area contributed by atoms with E-state index in [1.165, 1.54) is 43.0 Å². The number of hydrogen-bond acceptors (Lipinski definition) is 7. The van der Waals surface area contributed by atoms with Crippen LogP contribution in [0.3, 0.4) is 0 Å². The first-order chi connectivity index (χ1) is 21.2. The minimum atomic E-state index is -3.69. The number of amides is 1. The van der Waals surface area contributed by atoms with Crippen LogP contribution in [0.15, 0.2) is 95.4 Å². The molecule has 0 fully saturated rings. The summed E-state index contributed by atoms with van der Waals surface area (Å²) in [6.45, 7) is 1.99. The Labute approximate surface area is 252 Å². The van der Waals surface area contributed by atoms with Crippen molar-refractivity contribution in [3.8, 4) is 33.8 Å². The Balaban J connectivity index is 1.49. The largest absolute Gasteiger partial charge is 0.455 e. The maximum absolute atomic E-state index is 13.7. The molecule has 0 bridgehead atoms. The van der Waals surface area contributed by atoms with Gasteiger partial charge in [-0.2, -0.15) is 4.80 Å². The van der Waals surface area contributed by atoms with Gasteiger partial charge in [-0.05, 0) is 59.7 Å². The maximum atomic E-state index is 13.7. The van der Waals surface area contributed by atoms with Crippen LogP contribution in [0, 0.1) is 5.82 Å². The Bertz CT molecular complexity index is 2090. The van der Waals surface area contributed by atoms with Gasteiger partial charge in [0, 0.05) is 35.2 Å². The Morgan fingerprint density at radius 1 is 0.932 bits per heavy atom. The van der Waals surface area contributed by atoms with Crippen LogP contribution in [-0.4, -0.2) is 47.3 Å². The topological polar surface area (TPSA) is 132 Å². The number of carbonyl (C=O) groups excluding carboxylic acids is 1. The van der Waals surface area contributed by atoms with Crippen molar-refractivity contribution in [3.05, 3.63) is 108 Å². The van der Waals surface area contributed by atoms with Crippen LogP contribution in [0.5, 0.6) is 0 Å². The summed E-state index contributed by atoms with van der Waals surface area (Å²) in [6, 6.07) is 25.9. The second-order valence-electron chi connectivity index (χ2n) is 10.0. The summed E-state index contributed by atoms with van der Waals surface area (Å²) in [5.74, 6) is -0.369. The fourth-order valence-corrected chi connectivity index (χ4v) is 5.51. The van der Waals surface area contributed by atoms with Gasteiger partial charge in [-0.3, -0.25) is 9.52 Å². The highest BCUT2D eigenvalue weighted by Gasteiger charge is 2.24. The number of carbonyl (C=O) groups is 1. The van der Waals surface area contributed by atoms with Crippen molar-refractivity contribution in [1.82, 2.24) is 25.5 Å². The van der Waals surface area contributed by atoms with E-state index in [1.54, 1.807) is 12.1 Å².